The third-order valence-electron chi connectivity index (χ3n) is 3.52. The van der Waals surface area contributed by atoms with Gasteiger partial charge in [0.25, 0.3) is 0 Å². The fourth-order valence-electron chi connectivity index (χ4n) is 2.30. The van der Waals surface area contributed by atoms with Crippen molar-refractivity contribution < 1.29 is 4.39 Å². The van der Waals surface area contributed by atoms with E-state index in [2.05, 4.69) is 15.2 Å². The number of halogens is 1. The van der Waals surface area contributed by atoms with Crippen LogP contribution in [0.2, 0.25) is 0 Å². The highest BCUT2D eigenvalue weighted by Gasteiger charge is 2.16. The van der Waals surface area contributed by atoms with Crippen LogP contribution in [-0.2, 0) is 7.05 Å². The van der Waals surface area contributed by atoms with E-state index >= 15 is 0 Å². The molecule has 0 saturated heterocycles. The number of fused-ring (bicyclic) bond motifs is 1. The highest BCUT2D eigenvalue weighted by Crippen LogP contribution is 2.30. The number of hydrogen-bond acceptors (Lipinski definition) is 3. The molecule has 2 aromatic heterocycles. The van der Waals surface area contributed by atoms with E-state index < -0.39 is 0 Å². The van der Waals surface area contributed by atoms with Crippen LogP contribution in [0.15, 0.2) is 24.3 Å². The lowest BCUT2D eigenvalue weighted by molar-refractivity contribution is 0.635. The molecule has 6 heteroatoms. The first-order valence-electron chi connectivity index (χ1n) is 6.70. The summed E-state index contributed by atoms with van der Waals surface area (Å²) in [7, 11) is 1.84. The van der Waals surface area contributed by atoms with Gasteiger partial charge in [0.2, 0.25) is 0 Å². The lowest BCUT2D eigenvalue weighted by Gasteiger charge is -2.11. The van der Waals surface area contributed by atoms with Crippen molar-refractivity contribution in [3.63, 3.8) is 0 Å². The van der Waals surface area contributed by atoms with Gasteiger partial charge >= 0.3 is 0 Å². The van der Waals surface area contributed by atoms with Crippen molar-refractivity contribution in [1.29, 1.82) is 0 Å². The summed E-state index contributed by atoms with van der Waals surface area (Å²) in [6.07, 6.45) is 0. The van der Waals surface area contributed by atoms with Crippen LogP contribution in [-0.4, -0.2) is 19.7 Å². The molecule has 0 spiro atoms. The van der Waals surface area contributed by atoms with Crippen LogP contribution < -0.4 is 0 Å². The molecule has 108 valence electrons. The molecule has 0 aliphatic rings. The van der Waals surface area contributed by atoms with Crippen molar-refractivity contribution in [3.05, 3.63) is 40.5 Å². The first-order valence-corrected chi connectivity index (χ1v) is 7.10. The molecule has 4 nitrogen and oxygen atoms in total. The Morgan fingerprint density at radius 3 is 2.71 bits per heavy atom. The fraction of sp³-hybridized carbons (Fsp3) is 0.267. The van der Waals surface area contributed by atoms with Crippen LogP contribution in [0.4, 0.5) is 4.39 Å². The number of rotatable bonds is 2. The molecule has 0 amide bonds. The van der Waals surface area contributed by atoms with Crippen LogP contribution >= 0.6 is 12.2 Å². The number of aromatic nitrogens is 4. The molecule has 3 rings (SSSR count). The molecule has 0 aliphatic heterocycles. The van der Waals surface area contributed by atoms with Crippen molar-refractivity contribution in [2.75, 3.05) is 0 Å². The molecule has 1 N–H and O–H groups in total. The summed E-state index contributed by atoms with van der Waals surface area (Å²) in [6.45, 7) is 4.06. The van der Waals surface area contributed by atoms with Gasteiger partial charge in [-0.25, -0.2) is 9.37 Å². The van der Waals surface area contributed by atoms with Crippen LogP contribution in [0, 0.1) is 10.6 Å². The van der Waals surface area contributed by atoms with Crippen LogP contribution in [0.1, 0.15) is 25.5 Å². The van der Waals surface area contributed by atoms with Crippen LogP contribution in [0.5, 0.6) is 0 Å². The lowest BCUT2D eigenvalue weighted by Crippen LogP contribution is -2.00. The topological polar surface area (TPSA) is 46.5 Å². The second kappa shape index (κ2) is 5.04. The zero-order valence-corrected chi connectivity index (χ0v) is 12.8. The third-order valence-corrected chi connectivity index (χ3v) is 3.89. The van der Waals surface area contributed by atoms with E-state index in [1.807, 2.05) is 33.0 Å². The maximum atomic E-state index is 14.1. The minimum atomic E-state index is -0.326. The van der Waals surface area contributed by atoms with Crippen molar-refractivity contribution >= 4 is 23.1 Å². The summed E-state index contributed by atoms with van der Waals surface area (Å²) in [5, 5.41) is 7.76. The van der Waals surface area contributed by atoms with Crippen LogP contribution in [0.25, 0.3) is 22.3 Å². The summed E-state index contributed by atoms with van der Waals surface area (Å²) >= 11 is 5.16. The monoisotopic (exact) mass is 302 g/mol. The predicted octanol–water partition coefficient (Wildman–Crippen LogP) is 3.96. The Morgan fingerprint density at radius 1 is 1.33 bits per heavy atom. The Bertz CT molecular complexity index is 879. The van der Waals surface area contributed by atoms with Gasteiger partial charge in [-0.15, -0.1) is 0 Å². The van der Waals surface area contributed by atoms with Gasteiger partial charge in [0, 0.05) is 23.7 Å². The van der Waals surface area contributed by atoms with Gasteiger partial charge < -0.3 is 4.57 Å². The molecule has 0 radical (unpaired) electrons. The van der Waals surface area contributed by atoms with Gasteiger partial charge in [-0.1, -0.05) is 26.0 Å². The number of benzene rings is 1. The predicted molar refractivity (Wildman–Crippen MR) is 83.2 cm³/mol. The molecule has 21 heavy (non-hydrogen) atoms. The fourth-order valence-corrected chi connectivity index (χ4v) is 2.43. The number of aromatic amines is 1. The smallest absolute Gasteiger partial charge is 0.195 e. The van der Waals surface area contributed by atoms with Gasteiger partial charge in [-0.05, 0) is 30.3 Å². The first-order chi connectivity index (χ1) is 9.99. The summed E-state index contributed by atoms with van der Waals surface area (Å²) < 4.78 is 16.4. The van der Waals surface area contributed by atoms with Crippen LogP contribution in [0.3, 0.4) is 0 Å². The van der Waals surface area contributed by atoms with Crippen molar-refractivity contribution in [2.24, 2.45) is 7.05 Å². The Hall–Kier alpha value is -2.08. The molecule has 0 bridgehead atoms. The van der Waals surface area contributed by atoms with E-state index in [0.29, 0.717) is 16.1 Å². The molecule has 2 heterocycles. The first kappa shape index (κ1) is 13.9. The van der Waals surface area contributed by atoms with Gasteiger partial charge in [-0.3, -0.25) is 5.10 Å². The summed E-state index contributed by atoms with van der Waals surface area (Å²) in [4.78, 5) is 4.45. The maximum absolute atomic E-state index is 14.1. The number of pyridine rings is 1. The van der Waals surface area contributed by atoms with Crippen molar-refractivity contribution in [3.8, 4) is 11.4 Å². The van der Waals surface area contributed by atoms with E-state index in [1.165, 1.54) is 6.07 Å². The van der Waals surface area contributed by atoms with E-state index in [0.717, 1.165) is 16.6 Å². The number of para-hydroxylation sites is 1. The zero-order valence-electron chi connectivity index (χ0n) is 12.0. The third kappa shape index (κ3) is 2.25. The molecule has 0 atom stereocenters. The minimum Gasteiger partial charge on any atom is -0.303 e. The maximum Gasteiger partial charge on any atom is 0.195 e. The normalized spacial score (nSPS) is 11.5. The quantitative estimate of drug-likeness (QED) is 0.729. The van der Waals surface area contributed by atoms with E-state index in [1.54, 1.807) is 10.6 Å². The molecule has 0 aliphatic carbocycles. The Labute approximate surface area is 126 Å². The van der Waals surface area contributed by atoms with Crippen molar-refractivity contribution in [2.45, 2.75) is 19.8 Å². The zero-order chi connectivity index (χ0) is 15.1. The molecular formula is C15H15FN4S. The average molecular weight is 302 g/mol. The van der Waals surface area contributed by atoms with E-state index in [9.17, 15) is 4.39 Å². The van der Waals surface area contributed by atoms with Gasteiger partial charge in [0.1, 0.15) is 11.3 Å². The highest BCUT2D eigenvalue weighted by molar-refractivity contribution is 7.71. The molecule has 0 unspecified atom stereocenters. The van der Waals surface area contributed by atoms with Crippen molar-refractivity contribution in [1.82, 2.24) is 19.7 Å². The lowest BCUT2D eigenvalue weighted by atomic mass is 10.0. The number of nitrogens with one attached hydrogen (secondary N) is 1. The second-order valence-electron chi connectivity index (χ2n) is 5.30. The van der Waals surface area contributed by atoms with E-state index in [-0.39, 0.29) is 11.7 Å². The molecule has 3 aromatic rings. The number of H-pyrrole nitrogens is 1. The summed E-state index contributed by atoms with van der Waals surface area (Å²) in [5.74, 6) is 0.549. The summed E-state index contributed by atoms with van der Waals surface area (Å²) in [5.41, 5.74) is 2.03. The molecule has 1 aromatic carbocycles. The molecular weight excluding hydrogens is 287 g/mol. The second-order valence-corrected chi connectivity index (χ2v) is 5.68. The average Bonchev–Trinajstić information content (AvgIpc) is 2.78. The Morgan fingerprint density at radius 2 is 2.10 bits per heavy atom. The van der Waals surface area contributed by atoms with Gasteiger partial charge in [0.15, 0.2) is 10.6 Å². The van der Waals surface area contributed by atoms with E-state index in [4.69, 9.17) is 12.2 Å². The van der Waals surface area contributed by atoms with Gasteiger partial charge in [0.05, 0.1) is 0 Å². The molecule has 0 saturated carbocycles. The Balaban J connectivity index is 2.43. The summed E-state index contributed by atoms with van der Waals surface area (Å²) in [6, 6.07) is 6.91. The standard InChI is InChI=1S/C15H15FN4S/c1-8(2)12-7-10(14-18-19-15(21)20(14)3)9-5-4-6-11(16)13(9)17-12/h4-8H,1-3H3,(H,19,21). The number of hydrogen-bond donors (Lipinski definition) is 1. The van der Waals surface area contributed by atoms with Gasteiger partial charge in [-0.2, -0.15) is 5.10 Å². The minimum absolute atomic E-state index is 0.194. The molecule has 0 fully saturated rings. The number of nitrogens with zero attached hydrogens (tertiary/aromatic N) is 3. The largest absolute Gasteiger partial charge is 0.303 e. The SMILES string of the molecule is CC(C)c1cc(-c2n[nH]c(=S)n2C)c2cccc(F)c2n1. The highest BCUT2D eigenvalue weighted by atomic mass is 32.1. The Kier molecular flexibility index (Phi) is 3.33.